The van der Waals surface area contributed by atoms with Gasteiger partial charge >= 0.3 is 0 Å². The molecule has 23 heavy (non-hydrogen) atoms. The van der Waals surface area contributed by atoms with Gasteiger partial charge in [-0.2, -0.15) is 0 Å². The minimum absolute atomic E-state index is 0.0688. The Morgan fingerprint density at radius 1 is 1.26 bits per heavy atom. The summed E-state index contributed by atoms with van der Waals surface area (Å²) in [6, 6.07) is 8.52. The van der Waals surface area contributed by atoms with E-state index in [0.717, 1.165) is 35.0 Å². The number of hydrogen-bond donors (Lipinski definition) is 0. The van der Waals surface area contributed by atoms with Gasteiger partial charge in [-0.3, -0.25) is 14.2 Å². The number of rotatable bonds is 3. The van der Waals surface area contributed by atoms with E-state index in [1.807, 2.05) is 18.2 Å². The summed E-state index contributed by atoms with van der Waals surface area (Å²) in [5, 5.41) is 0.720. The zero-order valence-corrected chi connectivity index (χ0v) is 13.6. The van der Waals surface area contributed by atoms with E-state index in [-0.39, 0.29) is 11.3 Å². The third-order valence-electron chi connectivity index (χ3n) is 4.51. The van der Waals surface area contributed by atoms with Crippen molar-refractivity contribution in [3.63, 3.8) is 0 Å². The molecule has 0 aliphatic heterocycles. The van der Waals surface area contributed by atoms with Gasteiger partial charge in [-0.25, -0.2) is 4.98 Å². The molecule has 1 aromatic carbocycles. The summed E-state index contributed by atoms with van der Waals surface area (Å²) in [7, 11) is 0. The Balaban J connectivity index is 1.81. The first-order chi connectivity index (χ1) is 11.2. The van der Waals surface area contributed by atoms with Crippen molar-refractivity contribution in [3.8, 4) is 0 Å². The normalized spacial score (nSPS) is 14.8. The second-order valence-electron chi connectivity index (χ2n) is 5.90. The Kier molecular flexibility index (Phi) is 3.38. The van der Waals surface area contributed by atoms with Crippen LogP contribution in [0, 0.1) is 0 Å². The summed E-state index contributed by atoms with van der Waals surface area (Å²) in [5.74, 6) is -0.0688. The van der Waals surface area contributed by atoms with Crippen LogP contribution < -0.4 is 5.56 Å². The van der Waals surface area contributed by atoms with Gasteiger partial charge in [0.15, 0.2) is 5.78 Å². The third kappa shape index (κ3) is 2.23. The molecule has 116 valence electrons. The number of carbonyl (C=O) groups is 1. The lowest BCUT2D eigenvalue weighted by Gasteiger charge is -2.13. The fourth-order valence-corrected chi connectivity index (χ4v) is 4.46. The molecule has 0 amide bonds. The lowest BCUT2D eigenvalue weighted by molar-refractivity contribution is 0.0932. The Morgan fingerprint density at radius 2 is 2.04 bits per heavy atom. The predicted octanol–water partition coefficient (Wildman–Crippen LogP) is 3.39. The fraction of sp³-hybridized carbons (Fsp3) is 0.278. The molecule has 5 heteroatoms. The molecule has 1 atom stereocenters. The average molecular weight is 324 g/mol. The number of aryl methyl sites for hydroxylation is 2. The topological polar surface area (TPSA) is 52.0 Å². The molecular weight excluding hydrogens is 308 g/mol. The van der Waals surface area contributed by atoms with Crippen LogP contribution in [0.1, 0.15) is 40.2 Å². The van der Waals surface area contributed by atoms with E-state index in [1.165, 1.54) is 15.8 Å². The Morgan fingerprint density at radius 3 is 2.83 bits per heavy atom. The Hall–Kier alpha value is -2.27. The van der Waals surface area contributed by atoms with Crippen molar-refractivity contribution in [1.29, 1.82) is 0 Å². The number of Topliss-reactive ketones (excluding diaryl/α,β-unsaturated/α-hetero) is 1. The van der Waals surface area contributed by atoms with Crippen molar-refractivity contribution in [3.05, 3.63) is 63.0 Å². The van der Waals surface area contributed by atoms with Crippen molar-refractivity contribution in [1.82, 2.24) is 9.55 Å². The minimum Gasteiger partial charge on any atom is -0.292 e. The molecule has 0 spiro atoms. The lowest BCUT2D eigenvalue weighted by atomic mass is 10.1. The molecule has 0 bridgehead atoms. The summed E-state index contributed by atoms with van der Waals surface area (Å²) >= 11 is 1.62. The molecule has 0 radical (unpaired) electrons. The van der Waals surface area contributed by atoms with Gasteiger partial charge in [-0.15, -0.1) is 11.3 Å². The number of carbonyl (C=O) groups excluding carboxylic acids is 1. The molecule has 4 rings (SSSR count). The number of aromatic nitrogens is 2. The van der Waals surface area contributed by atoms with Gasteiger partial charge < -0.3 is 0 Å². The van der Waals surface area contributed by atoms with Gasteiger partial charge in [0, 0.05) is 10.4 Å². The number of benzene rings is 1. The summed E-state index contributed by atoms with van der Waals surface area (Å²) in [5.41, 5.74) is 1.67. The van der Waals surface area contributed by atoms with Crippen molar-refractivity contribution in [2.24, 2.45) is 0 Å². The summed E-state index contributed by atoms with van der Waals surface area (Å²) in [6.07, 6.45) is 4.59. The highest BCUT2D eigenvalue weighted by Gasteiger charge is 2.24. The molecule has 0 saturated carbocycles. The maximum atomic E-state index is 12.9. The molecule has 2 heterocycles. The summed E-state index contributed by atoms with van der Waals surface area (Å²) < 4.78 is 1.48. The van der Waals surface area contributed by atoms with Crippen LogP contribution in [0.5, 0.6) is 0 Å². The van der Waals surface area contributed by atoms with Crippen LogP contribution in [0.15, 0.2) is 41.5 Å². The van der Waals surface area contributed by atoms with Crippen molar-refractivity contribution in [2.75, 3.05) is 0 Å². The number of thiophene rings is 1. The minimum atomic E-state index is -0.557. The summed E-state index contributed by atoms with van der Waals surface area (Å²) in [4.78, 5) is 32.0. The maximum Gasteiger partial charge on any atom is 0.263 e. The van der Waals surface area contributed by atoms with E-state index in [4.69, 9.17) is 0 Å². The molecule has 4 nitrogen and oxygen atoms in total. The van der Waals surface area contributed by atoms with Crippen LogP contribution in [0.4, 0.5) is 0 Å². The Bertz CT molecular complexity index is 956. The third-order valence-corrected chi connectivity index (χ3v) is 5.71. The molecule has 0 saturated heterocycles. The first-order valence-electron chi connectivity index (χ1n) is 7.77. The zero-order chi connectivity index (χ0) is 16.0. The highest BCUT2D eigenvalue weighted by Crippen LogP contribution is 2.34. The lowest BCUT2D eigenvalue weighted by Crippen LogP contribution is -2.28. The standard InChI is InChI=1S/C18H16N2O2S/c1-11(16(21)12-6-3-2-4-7-12)20-10-19-17-15(18(20)22)13-8-5-9-14(13)23-17/h2-4,6-7,10-11H,5,8-9H2,1H3. The number of nitrogens with zero attached hydrogens (tertiary/aromatic N) is 2. The fourth-order valence-electron chi connectivity index (χ4n) is 3.24. The van der Waals surface area contributed by atoms with Crippen LogP contribution >= 0.6 is 11.3 Å². The number of fused-ring (bicyclic) bond motifs is 3. The van der Waals surface area contributed by atoms with Crippen LogP contribution in [0.3, 0.4) is 0 Å². The monoisotopic (exact) mass is 324 g/mol. The molecule has 1 unspecified atom stereocenters. The van der Waals surface area contributed by atoms with Crippen molar-refractivity contribution >= 4 is 27.3 Å². The van der Waals surface area contributed by atoms with Crippen molar-refractivity contribution in [2.45, 2.75) is 32.2 Å². The van der Waals surface area contributed by atoms with E-state index in [2.05, 4.69) is 4.98 Å². The van der Waals surface area contributed by atoms with Gasteiger partial charge in [0.1, 0.15) is 4.83 Å². The molecule has 2 aromatic heterocycles. The second kappa shape index (κ2) is 5.42. The number of hydrogen-bond acceptors (Lipinski definition) is 4. The van der Waals surface area contributed by atoms with Crippen LogP contribution in [0.2, 0.25) is 0 Å². The molecule has 1 aliphatic rings. The van der Waals surface area contributed by atoms with Gasteiger partial charge in [0.2, 0.25) is 0 Å². The van der Waals surface area contributed by atoms with Gasteiger partial charge in [-0.1, -0.05) is 30.3 Å². The highest BCUT2D eigenvalue weighted by molar-refractivity contribution is 7.18. The quantitative estimate of drug-likeness (QED) is 0.694. The van der Waals surface area contributed by atoms with Gasteiger partial charge in [-0.05, 0) is 31.7 Å². The molecule has 1 aliphatic carbocycles. The van der Waals surface area contributed by atoms with Gasteiger partial charge in [0.25, 0.3) is 5.56 Å². The highest BCUT2D eigenvalue weighted by atomic mass is 32.1. The average Bonchev–Trinajstić information content (AvgIpc) is 3.15. The first-order valence-corrected chi connectivity index (χ1v) is 8.59. The summed E-state index contributed by atoms with van der Waals surface area (Å²) in [6.45, 7) is 1.76. The number of ketones is 1. The van der Waals surface area contributed by atoms with E-state index in [0.29, 0.717) is 5.56 Å². The van der Waals surface area contributed by atoms with Crippen LogP contribution in [-0.4, -0.2) is 15.3 Å². The van der Waals surface area contributed by atoms with E-state index < -0.39 is 6.04 Å². The molecular formula is C18H16N2O2S. The maximum absolute atomic E-state index is 12.9. The zero-order valence-electron chi connectivity index (χ0n) is 12.8. The van der Waals surface area contributed by atoms with E-state index >= 15 is 0 Å². The van der Waals surface area contributed by atoms with Crippen LogP contribution in [0.25, 0.3) is 10.2 Å². The molecule has 0 N–H and O–H groups in total. The molecule has 3 aromatic rings. The Labute approximate surface area is 137 Å². The predicted molar refractivity (Wildman–Crippen MR) is 91.4 cm³/mol. The van der Waals surface area contributed by atoms with Crippen molar-refractivity contribution < 1.29 is 4.79 Å². The largest absolute Gasteiger partial charge is 0.292 e. The smallest absolute Gasteiger partial charge is 0.263 e. The molecule has 0 fully saturated rings. The first kappa shape index (κ1) is 14.3. The van der Waals surface area contributed by atoms with Gasteiger partial charge in [0.05, 0.1) is 17.8 Å². The van der Waals surface area contributed by atoms with Crippen LogP contribution in [-0.2, 0) is 12.8 Å². The van der Waals surface area contributed by atoms with E-state index in [1.54, 1.807) is 30.4 Å². The second-order valence-corrected chi connectivity index (χ2v) is 6.98. The SMILES string of the molecule is CC(C(=O)c1ccccc1)n1cnc2sc3c(c2c1=O)CCC3. The van der Waals surface area contributed by atoms with E-state index in [9.17, 15) is 9.59 Å².